The molecule has 0 bridgehead atoms. The fourth-order valence-corrected chi connectivity index (χ4v) is 2.82. The van der Waals surface area contributed by atoms with Crippen LogP contribution < -0.4 is 10.1 Å². The summed E-state index contributed by atoms with van der Waals surface area (Å²) in [4.78, 5) is 20.9. The number of benzene rings is 1. The van der Waals surface area contributed by atoms with Crippen molar-refractivity contribution in [3.63, 3.8) is 0 Å². The molecule has 1 atom stereocenters. The summed E-state index contributed by atoms with van der Waals surface area (Å²) in [5.41, 5.74) is 3.25. The molecule has 0 saturated carbocycles. The van der Waals surface area contributed by atoms with Crippen molar-refractivity contribution in [1.82, 2.24) is 15.3 Å². The third kappa shape index (κ3) is 3.86. The quantitative estimate of drug-likeness (QED) is 0.943. The van der Waals surface area contributed by atoms with E-state index in [1.54, 1.807) is 0 Å². The van der Waals surface area contributed by atoms with Crippen molar-refractivity contribution in [2.45, 2.75) is 39.2 Å². The van der Waals surface area contributed by atoms with Gasteiger partial charge in [-0.1, -0.05) is 17.7 Å². The van der Waals surface area contributed by atoms with Crippen molar-refractivity contribution in [2.24, 2.45) is 0 Å². The summed E-state index contributed by atoms with van der Waals surface area (Å²) in [7, 11) is 0. The number of nitrogens with zero attached hydrogens (tertiary/aromatic N) is 2. The number of fused-ring (bicyclic) bond motifs is 1. The summed E-state index contributed by atoms with van der Waals surface area (Å²) in [6, 6.07) is 7.65. The Morgan fingerprint density at radius 1 is 1.30 bits per heavy atom. The van der Waals surface area contributed by atoms with E-state index < -0.39 is 0 Å². The van der Waals surface area contributed by atoms with Gasteiger partial charge < -0.3 is 10.1 Å². The summed E-state index contributed by atoms with van der Waals surface area (Å²) < 4.78 is 5.53. The van der Waals surface area contributed by atoms with Crippen molar-refractivity contribution in [3.8, 4) is 5.75 Å². The predicted molar refractivity (Wildman–Crippen MR) is 87.3 cm³/mol. The molecule has 3 rings (SSSR count). The first kappa shape index (κ1) is 15.5. The Bertz CT molecular complexity index is 698. The molecule has 0 aliphatic heterocycles. The molecule has 0 fully saturated rings. The smallest absolute Gasteiger partial charge is 0.258 e. The molecule has 5 heteroatoms. The predicted octanol–water partition coefficient (Wildman–Crippen LogP) is 2.67. The highest BCUT2D eigenvalue weighted by Crippen LogP contribution is 2.27. The van der Waals surface area contributed by atoms with E-state index in [9.17, 15) is 4.79 Å². The van der Waals surface area contributed by atoms with E-state index in [4.69, 9.17) is 4.74 Å². The Morgan fingerprint density at radius 2 is 2.09 bits per heavy atom. The lowest BCUT2D eigenvalue weighted by Crippen LogP contribution is -2.34. The number of hydrogen-bond acceptors (Lipinski definition) is 4. The van der Waals surface area contributed by atoms with E-state index in [0.29, 0.717) is 5.75 Å². The fourth-order valence-electron chi connectivity index (χ4n) is 2.82. The zero-order chi connectivity index (χ0) is 16.2. The van der Waals surface area contributed by atoms with Crippen molar-refractivity contribution in [3.05, 3.63) is 53.1 Å². The van der Waals surface area contributed by atoms with Gasteiger partial charge in [-0.25, -0.2) is 9.97 Å². The normalized spacial score (nSPS) is 16.5. The number of carbonyl (C=O) groups is 1. The van der Waals surface area contributed by atoms with Gasteiger partial charge in [-0.05, 0) is 45.2 Å². The van der Waals surface area contributed by atoms with Crippen molar-refractivity contribution < 1.29 is 9.53 Å². The number of ether oxygens (including phenoxy) is 1. The molecule has 0 unspecified atom stereocenters. The zero-order valence-electron chi connectivity index (χ0n) is 13.5. The monoisotopic (exact) mass is 311 g/mol. The lowest BCUT2D eigenvalue weighted by Gasteiger charge is -2.25. The van der Waals surface area contributed by atoms with Crippen LogP contribution in [0.1, 0.15) is 41.5 Å². The van der Waals surface area contributed by atoms with Crippen LogP contribution in [-0.4, -0.2) is 22.5 Å². The molecule has 23 heavy (non-hydrogen) atoms. The maximum Gasteiger partial charge on any atom is 0.258 e. The molecule has 2 aromatic rings. The van der Waals surface area contributed by atoms with Gasteiger partial charge in [0, 0.05) is 17.5 Å². The van der Waals surface area contributed by atoms with E-state index in [1.165, 1.54) is 0 Å². The lowest BCUT2D eigenvalue weighted by molar-refractivity contribution is -0.124. The first-order valence-electron chi connectivity index (χ1n) is 7.93. The molecule has 1 aromatic carbocycles. The van der Waals surface area contributed by atoms with Gasteiger partial charge in [0.25, 0.3) is 5.91 Å². The standard InChI is InChI=1S/C18H21N3O2/c1-12-6-8-14(9-7-12)23-11-18(22)21-17-5-3-4-16-15(17)10-19-13(2)20-16/h6-10,17H,3-5,11H2,1-2H3,(H,21,22)/t17-/m0/s1. The average Bonchev–Trinajstić information content (AvgIpc) is 2.54. The van der Waals surface area contributed by atoms with Gasteiger partial charge >= 0.3 is 0 Å². The Hall–Kier alpha value is -2.43. The van der Waals surface area contributed by atoms with Crippen molar-refractivity contribution >= 4 is 5.91 Å². The van der Waals surface area contributed by atoms with Crippen LogP contribution in [0.2, 0.25) is 0 Å². The Kier molecular flexibility index (Phi) is 4.55. The van der Waals surface area contributed by atoms with Crippen LogP contribution in [0, 0.1) is 13.8 Å². The van der Waals surface area contributed by atoms with E-state index in [0.717, 1.165) is 41.9 Å². The number of carbonyl (C=O) groups excluding carboxylic acids is 1. The van der Waals surface area contributed by atoms with Gasteiger partial charge in [0.15, 0.2) is 6.61 Å². The van der Waals surface area contributed by atoms with Crippen LogP contribution in [0.5, 0.6) is 5.75 Å². The Balaban J connectivity index is 1.59. The van der Waals surface area contributed by atoms with Crippen LogP contribution in [0.4, 0.5) is 0 Å². The van der Waals surface area contributed by atoms with Crippen LogP contribution in [-0.2, 0) is 11.2 Å². The summed E-state index contributed by atoms with van der Waals surface area (Å²) in [5.74, 6) is 1.36. The van der Waals surface area contributed by atoms with Gasteiger partial charge in [-0.3, -0.25) is 4.79 Å². The van der Waals surface area contributed by atoms with Gasteiger partial charge in [-0.15, -0.1) is 0 Å². The molecule has 0 spiro atoms. The fraction of sp³-hybridized carbons (Fsp3) is 0.389. The minimum Gasteiger partial charge on any atom is -0.484 e. The second-order valence-electron chi connectivity index (χ2n) is 5.93. The van der Waals surface area contributed by atoms with Crippen LogP contribution in [0.25, 0.3) is 0 Å². The highest BCUT2D eigenvalue weighted by Gasteiger charge is 2.23. The highest BCUT2D eigenvalue weighted by molar-refractivity contribution is 5.78. The molecule has 1 amide bonds. The Labute approximate surface area is 136 Å². The second kappa shape index (κ2) is 6.77. The third-order valence-corrected chi connectivity index (χ3v) is 4.03. The third-order valence-electron chi connectivity index (χ3n) is 4.03. The van der Waals surface area contributed by atoms with E-state index in [-0.39, 0.29) is 18.6 Å². The van der Waals surface area contributed by atoms with Crippen molar-refractivity contribution in [1.29, 1.82) is 0 Å². The minimum absolute atomic E-state index is 0.0155. The molecule has 1 N–H and O–H groups in total. The molecule has 0 saturated heterocycles. The second-order valence-corrected chi connectivity index (χ2v) is 5.93. The summed E-state index contributed by atoms with van der Waals surface area (Å²) in [6.07, 6.45) is 4.72. The molecule has 1 heterocycles. The van der Waals surface area contributed by atoms with Gasteiger partial charge in [0.05, 0.1) is 6.04 Å². The summed E-state index contributed by atoms with van der Waals surface area (Å²) in [5, 5.41) is 3.03. The number of aryl methyl sites for hydroxylation is 3. The number of hydrogen-bond donors (Lipinski definition) is 1. The molecule has 0 radical (unpaired) electrons. The number of amides is 1. The largest absolute Gasteiger partial charge is 0.484 e. The first-order chi connectivity index (χ1) is 11.1. The molecular weight excluding hydrogens is 290 g/mol. The lowest BCUT2D eigenvalue weighted by atomic mass is 9.92. The van der Waals surface area contributed by atoms with Gasteiger partial charge in [0.1, 0.15) is 11.6 Å². The average molecular weight is 311 g/mol. The minimum atomic E-state index is -0.121. The zero-order valence-corrected chi connectivity index (χ0v) is 13.5. The maximum absolute atomic E-state index is 12.2. The number of rotatable bonds is 4. The van der Waals surface area contributed by atoms with Crippen LogP contribution in [0.3, 0.4) is 0 Å². The van der Waals surface area contributed by atoms with Gasteiger partial charge in [-0.2, -0.15) is 0 Å². The molecular formula is C18H21N3O2. The highest BCUT2D eigenvalue weighted by atomic mass is 16.5. The topological polar surface area (TPSA) is 64.1 Å². The SMILES string of the molecule is Cc1ccc(OCC(=O)N[C@H]2CCCc3nc(C)ncc32)cc1. The first-order valence-corrected chi connectivity index (χ1v) is 7.93. The summed E-state index contributed by atoms with van der Waals surface area (Å²) in [6.45, 7) is 3.92. The molecule has 1 aromatic heterocycles. The molecule has 5 nitrogen and oxygen atoms in total. The van der Waals surface area contributed by atoms with E-state index in [1.807, 2.05) is 44.3 Å². The Morgan fingerprint density at radius 3 is 2.87 bits per heavy atom. The van der Waals surface area contributed by atoms with Crippen LogP contribution in [0.15, 0.2) is 30.5 Å². The van der Waals surface area contributed by atoms with Crippen molar-refractivity contribution in [2.75, 3.05) is 6.61 Å². The van der Waals surface area contributed by atoms with E-state index in [2.05, 4.69) is 15.3 Å². The molecule has 1 aliphatic carbocycles. The number of nitrogens with one attached hydrogen (secondary N) is 1. The molecule has 1 aliphatic rings. The van der Waals surface area contributed by atoms with E-state index >= 15 is 0 Å². The summed E-state index contributed by atoms with van der Waals surface area (Å²) >= 11 is 0. The molecule has 120 valence electrons. The van der Waals surface area contributed by atoms with Crippen LogP contribution >= 0.6 is 0 Å². The number of aromatic nitrogens is 2. The maximum atomic E-state index is 12.2. The van der Waals surface area contributed by atoms with Gasteiger partial charge in [0.2, 0.25) is 0 Å².